The third-order valence-electron chi connectivity index (χ3n) is 8.58. The molecule has 6 rings (SSSR count). The molecule has 258 valence electrons. The summed E-state index contributed by atoms with van der Waals surface area (Å²) in [4.78, 5) is 40.8. The highest BCUT2D eigenvalue weighted by atomic mass is 127. The van der Waals surface area contributed by atoms with Crippen LogP contribution in [0.2, 0.25) is 0 Å². The number of nitrogens with one attached hydrogen (secondary N) is 2. The summed E-state index contributed by atoms with van der Waals surface area (Å²) in [6.07, 6.45) is 4.54. The van der Waals surface area contributed by atoms with Gasteiger partial charge in [-0.25, -0.2) is 14.8 Å². The lowest BCUT2D eigenvalue weighted by molar-refractivity contribution is -0.929. The van der Waals surface area contributed by atoms with E-state index in [4.69, 9.17) is 9.47 Å². The highest BCUT2D eigenvalue weighted by molar-refractivity contribution is 6.04. The van der Waals surface area contributed by atoms with Gasteiger partial charge in [0.1, 0.15) is 6.61 Å². The second-order valence-electron chi connectivity index (χ2n) is 12.5. The number of amides is 1. The third kappa shape index (κ3) is 10.1. The number of ether oxygens (including phenoxy) is 2. The van der Waals surface area contributed by atoms with Gasteiger partial charge in [-0.05, 0) is 66.1 Å². The fourth-order valence-electron chi connectivity index (χ4n) is 5.52. The van der Waals surface area contributed by atoms with Crippen molar-refractivity contribution in [1.82, 2.24) is 19.9 Å². The van der Waals surface area contributed by atoms with Gasteiger partial charge in [-0.15, -0.1) is 0 Å². The molecule has 3 aromatic carbocycles. The zero-order valence-corrected chi connectivity index (χ0v) is 30.2. The second kappa shape index (κ2) is 17.1. The second-order valence-corrected chi connectivity index (χ2v) is 12.5. The topological polar surface area (TPSA) is 119 Å². The average Bonchev–Trinajstić information content (AvgIpc) is 3.13. The van der Waals surface area contributed by atoms with E-state index in [0.717, 1.165) is 66.4 Å². The Kier molecular flexibility index (Phi) is 12.5. The molecule has 1 amide bonds. The summed E-state index contributed by atoms with van der Waals surface area (Å²) in [6, 6.07) is 28.6. The number of nitrogens with zero attached hydrogens (tertiary/aromatic N) is 5. The largest absolute Gasteiger partial charge is 1.00 e. The number of anilines is 3. The van der Waals surface area contributed by atoms with E-state index >= 15 is 0 Å². The maximum Gasteiger partial charge on any atom is 0.512 e. The molecule has 2 aromatic heterocycles. The van der Waals surface area contributed by atoms with Crippen LogP contribution in [0, 0.1) is 6.92 Å². The predicted octanol–water partition coefficient (Wildman–Crippen LogP) is 3.42. The van der Waals surface area contributed by atoms with Crippen molar-refractivity contribution in [3.8, 4) is 11.3 Å². The number of aromatic nitrogens is 3. The van der Waals surface area contributed by atoms with E-state index in [1.54, 1.807) is 18.6 Å². The number of quaternary nitrogens is 1. The number of hydrogen-bond acceptors (Lipinski definition) is 9. The van der Waals surface area contributed by atoms with Crippen molar-refractivity contribution < 1.29 is 47.5 Å². The Balaban J connectivity index is 0.00000486. The molecule has 50 heavy (non-hydrogen) atoms. The van der Waals surface area contributed by atoms with Gasteiger partial charge in [-0.2, -0.15) is 0 Å². The fraction of sp³-hybridized carbons (Fsp3) is 0.237. The van der Waals surface area contributed by atoms with Crippen LogP contribution in [0.5, 0.6) is 0 Å². The molecule has 0 aliphatic carbocycles. The highest BCUT2D eigenvalue weighted by Gasteiger charge is 2.30. The Labute approximate surface area is 309 Å². The van der Waals surface area contributed by atoms with E-state index in [1.807, 2.05) is 97.9 Å². The first-order chi connectivity index (χ1) is 23.8. The lowest BCUT2D eigenvalue weighted by Crippen LogP contribution is -3.00. The Morgan fingerprint density at radius 2 is 1.66 bits per heavy atom. The lowest BCUT2D eigenvalue weighted by atomic mass is 10.1. The van der Waals surface area contributed by atoms with Crippen molar-refractivity contribution in [3.63, 3.8) is 0 Å². The van der Waals surface area contributed by atoms with Crippen molar-refractivity contribution in [2.24, 2.45) is 0 Å². The molecule has 5 aromatic rings. The molecular formula is C38H40IN7O4. The minimum atomic E-state index is -0.646. The van der Waals surface area contributed by atoms with Gasteiger partial charge in [0.05, 0.1) is 25.8 Å². The van der Waals surface area contributed by atoms with Crippen molar-refractivity contribution in [2.45, 2.75) is 20.1 Å². The Morgan fingerprint density at radius 1 is 0.880 bits per heavy atom. The number of rotatable bonds is 11. The van der Waals surface area contributed by atoms with Gasteiger partial charge >= 0.3 is 6.16 Å². The zero-order chi connectivity index (χ0) is 34.1. The van der Waals surface area contributed by atoms with Crippen molar-refractivity contribution in [1.29, 1.82) is 0 Å². The number of carbonyl (C=O) groups is 2. The smallest absolute Gasteiger partial charge is 0.512 e. The maximum absolute atomic E-state index is 13.1. The van der Waals surface area contributed by atoms with Crippen LogP contribution in [0.25, 0.3) is 11.3 Å². The number of aryl methyl sites for hydroxylation is 1. The van der Waals surface area contributed by atoms with E-state index in [9.17, 15) is 9.59 Å². The highest BCUT2D eigenvalue weighted by Crippen LogP contribution is 2.25. The van der Waals surface area contributed by atoms with Crippen LogP contribution >= 0.6 is 0 Å². The molecular weight excluding hydrogens is 745 g/mol. The summed E-state index contributed by atoms with van der Waals surface area (Å²) in [5.41, 5.74) is 6.73. The minimum absolute atomic E-state index is 0. The predicted molar refractivity (Wildman–Crippen MR) is 188 cm³/mol. The Bertz CT molecular complexity index is 1870. The zero-order valence-electron chi connectivity index (χ0n) is 28.1. The number of halogens is 1. The minimum Gasteiger partial charge on any atom is -1.00 e. The van der Waals surface area contributed by atoms with E-state index in [0.29, 0.717) is 21.7 Å². The molecule has 0 unspecified atom stereocenters. The molecule has 1 fully saturated rings. The molecule has 3 heterocycles. The molecule has 1 aliphatic heterocycles. The molecule has 11 nitrogen and oxygen atoms in total. The molecule has 12 heteroatoms. The van der Waals surface area contributed by atoms with Gasteiger partial charge in [0.25, 0.3) is 5.91 Å². The summed E-state index contributed by atoms with van der Waals surface area (Å²) >= 11 is 0. The first-order valence-electron chi connectivity index (χ1n) is 16.2. The molecule has 0 spiro atoms. The maximum atomic E-state index is 13.1. The summed E-state index contributed by atoms with van der Waals surface area (Å²) in [5.74, 6) is 0.262. The normalized spacial score (nSPS) is 13.8. The van der Waals surface area contributed by atoms with Crippen LogP contribution in [0.1, 0.15) is 27.0 Å². The summed E-state index contributed by atoms with van der Waals surface area (Å²) in [7, 11) is 2.09. The van der Waals surface area contributed by atoms with E-state index in [1.165, 1.54) is 0 Å². The molecule has 0 saturated carbocycles. The lowest BCUT2D eigenvalue weighted by Gasteiger charge is -2.41. The van der Waals surface area contributed by atoms with Crippen LogP contribution in [-0.4, -0.2) is 76.4 Å². The summed E-state index contributed by atoms with van der Waals surface area (Å²) in [5, 5.41) is 6.29. The van der Waals surface area contributed by atoms with E-state index < -0.39 is 6.16 Å². The van der Waals surface area contributed by atoms with Crippen LogP contribution < -0.4 is 34.6 Å². The molecule has 1 saturated heterocycles. The Morgan fingerprint density at radius 3 is 2.40 bits per heavy atom. The first kappa shape index (κ1) is 36.4. The standard InChI is InChI=1S/C38H39N7O4.HI/c1-28-10-15-33(23-35(28)43-37-40-18-16-34(42-37)32-9-6-17-39-24-32)41-36(46)31-13-11-29(12-14-31)25-44-19-21-45(2,22-20-44)27-49-38(47)48-26-30-7-4-3-5-8-30;/h3-18,23-24H,19-22,25-27H2,1-2H3,(H-,40,41,42,43,46);1H. The van der Waals surface area contributed by atoms with Crippen LogP contribution in [0.3, 0.4) is 0 Å². The van der Waals surface area contributed by atoms with Crippen molar-refractivity contribution >= 4 is 29.4 Å². The molecule has 1 aliphatic rings. The molecule has 2 N–H and O–H groups in total. The van der Waals surface area contributed by atoms with Gasteiger partial charge in [0, 0.05) is 60.7 Å². The Hall–Kier alpha value is -4.92. The number of piperazine rings is 1. The molecule has 0 bridgehead atoms. The van der Waals surface area contributed by atoms with E-state index in [-0.39, 0.29) is 43.2 Å². The molecule has 0 atom stereocenters. The van der Waals surface area contributed by atoms with Crippen LogP contribution in [0.4, 0.5) is 22.1 Å². The number of carbonyl (C=O) groups excluding carboxylic acids is 2. The van der Waals surface area contributed by atoms with Gasteiger partial charge in [0.2, 0.25) is 12.7 Å². The fourth-order valence-corrected chi connectivity index (χ4v) is 5.52. The van der Waals surface area contributed by atoms with Crippen molar-refractivity contribution in [2.75, 3.05) is 50.6 Å². The number of hydrogen-bond donors (Lipinski definition) is 2. The molecule has 0 radical (unpaired) electrons. The SMILES string of the molecule is Cc1ccc(NC(=O)c2ccc(CN3CC[N+](C)(COC(=O)OCc4ccccc4)CC3)cc2)cc1Nc1nccc(-c2cccnc2)n1.[I-]. The van der Waals surface area contributed by atoms with Crippen molar-refractivity contribution in [3.05, 3.63) is 132 Å². The number of benzene rings is 3. The van der Waals surface area contributed by atoms with Gasteiger partial charge < -0.3 is 44.1 Å². The van der Waals surface area contributed by atoms with Gasteiger partial charge in [-0.3, -0.25) is 19.2 Å². The quantitative estimate of drug-likeness (QED) is 0.118. The van der Waals surface area contributed by atoms with Gasteiger partial charge in [-0.1, -0.05) is 48.5 Å². The van der Waals surface area contributed by atoms with Crippen LogP contribution in [-0.2, 0) is 22.6 Å². The third-order valence-corrected chi connectivity index (χ3v) is 8.58. The number of likely N-dealkylation sites (N-methyl/N-ethyl adjacent to an activating group) is 1. The average molecular weight is 786 g/mol. The number of pyridine rings is 1. The van der Waals surface area contributed by atoms with Gasteiger partial charge in [0.15, 0.2) is 0 Å². The van der Waals surface area contributed by atoms with Crippen LogP contribution in [0.15, 0.2) is 110 Å². The summed E-state index contributed by atoms with van der Waals surface area (Å²) < 4.78 is 11.3. The van der Waals surface area contributed by atoms with E-state index in [2.05, 4.69) is 37.5 Å². The summed E-state index contributed by atoms with van der Waals surface area (Å²) in [6.45, 7) is 6.66. The first-order valence-corrected chi connectivity index (χ1v) is 16.2. The monoisotopic (exact) mass is 785 g/mol.